The van der Waals surface area contributed by atoms with E-state index in [0.717, 1.165) is 11.3 Å². The van der Waals surface area contributed by atoms with Gasteiger partial charge in [0, 0.05) is 38.0 Å². The lowest BCUT2D eigenvalue weighted by atomic mass is 10.0. The molecule has 0 aliphatic rings. The van der Waals surface area contributed by atoms with Gasteiger partial charge in [0.25, 0.3) is 5.56 Å². The van der Waals surface area contributed by atoms with E-state index in [1.165, 1.54) is 28.8 Å². The Labute approximate surface area is 238 Å². The highest BCUT2D eigenvalue weighted by atomic mass is 19.1. The molecule has 0 aliphatic heterocycles. The Morgan fingerprint density at radius 2 is 1.98 bits per heavy atom. The van der Waals surface area contributed by atoms with Crippen molar-refractivity contribution >= 4 is 34.6 Å². The quantitative estimate of drug-likeness (QED) is 0.248. The number of carbonyl (C=O) groups is 3. The Morgan fingerprint density at radius 3 is 2.59 bits per heavy atom. The van der Waals surface area contributed by atoms with Gasteiger partial charge in [0.15, 0.2) is 0 Å². The van der Waals surface area contributed by atoms with Crippen LogP contribution in [0.3, 0.4) is 0 Å². The van der Waals surface area contributed by atoms with Gasteiger partial charge in [0.05, 0.1) is 30.9 Å². The van der Waals surface area contributed by atoms with E-state index in [-0.39, 0.29) is 47.8 Å². The number of anilines is 1. The lowest BCUT2D eigenvalue weighted by Gasteiger charge is -2.09. The van der Waals surface area contributed by atoms with Gasteiger partial charge in [-0.3, -0.25) is 19.4 Å². The van der Waals surface area contributed by atoms with E-state index in [1.54, 1.807) is 38.5 Å². The third kappa shape index (κ3) is 9.59. The standard InChI is InChI=1S/C27H34FN5O3.C2H5NO2/c1-17(2)14-19-20(28)15-29-25-18(3)22(31-26(19)25)16-33-13-9-10-21(27(33)36)30-23(34)11-7-6-8-12-24(35)32(4)5;1-5-2(3)4/h8-10,12-13,15,17,31H,6-7,11,14,16H2,1-5H3,(H,30,34);1H3,(H2,3,4)/b12-8+;. The summed E-state index contributed by atoms with van der Waals surface area (Å²) in [6.45, 7) is 6.20. The van der Waals surface area contributed by atoms with Gasteiger partial charge in [-0.25, -0.2) is 9.18 Å². The highest BCUT2D eigenvalue weighted by molar-refractivity contribution is 5.90. The summed E-state index contributed by atoms with van der Waals surface area (Å²) in [5.74, 6) is -0.439. The summed E-state index contributed by atoms with van der Waals surface area (Å²) in [7, 11) is 4.57. The number of carbonyl (C=O) groups excluding carboxylic acids is 3. The van der Waals surface area contributed by atoms with Crippen molar-refractivity contribution in [2.24, 2.45) is 11.7 Å². The minimum Gasteiger partial charge on any atom is -0.453 e. The normalized spacial score (nSPS) is 10.9. The van der Waals surface area contributed by atoms with Crippen LogP contribution in [-0.4, -0.2) is 58.5 Å². The van der Waals surface area contributed by atoms with Crippen LogP contribution in [0.15, 0.2) is 41.5 Å². The minimum absolute atomic E-state index is 0.105. The summed E-state index contributed by atoms with van der Waals surface area (Å²) in [4.78, 5) is 55.3. The van der Waals surface area contributed by atoms with Crippen molar-refractivity contribution in [1.29, 1.82) is 0 Å². The highest BCUT2D eigenvalue weighted by Gasteiger charge is 2.17. The molecule has 11 nitrogen and oxygen atoms in total. The first-order valence-corrected chi connectivity index (χ1v) is 13.2. The number of halogens is 1. The van der Waals surface area contributed by atoms with Crippen molar-refractivity contribution < 1.29 is 23.5 Å². The number of rotatable bonds is 10. The summed E-state index contributed by atoms with van der Waals surface area (Å²) < 4.78 is 19.9. The van der Waals surface area contributed by atoms with E-state index in [1.807, 2.05) is 20.8 Å². The SMILES string of the molecule is COC(N)=O.Cc1c(Cn2cccc(NC(=O)CCC/C=C/C(=O)N(C)C)c2=O)[nH]c2c(CC(C)C)c(F)cnc12. The van der Waals surface area contributed by atoms with Crippen LogP contribution in [0.1, 0.15) is 49.9 Å². The van der Waals surface area contributed by atoms with E-state index in [9.17, 15) is 23.6 Å². The predicted molar refractivity (Wildman–Crippen MR) is 156 cm³/mol. The number of aromatic amines is 1. The fourth-order valence-electron chi connectivity index (χ4n) is 3.95. The summed E-state index contributed by atoms with van der Waals surface area (Å²) in [5, 5.41) is 2.69. The molecule has 12 heteroatoms. The van der Waals surface area contributed by atoms with Crippen LogP contribution in [-0.2, 0) is 27.3 Å². The molecule has 4 N–H and O–H groups in total. The highest BCUT2D eigenvalue weighted by Crippen LogP contribution is 2.27. The summed E-state index contributed by atoms with van der Waals surface area (Å²) in [6, 6.07) is 3.27. The summed E-state index contributed by atoms with van der Waals surface area (Å²) >= 11 is 0. The first-order valence-electron chi connectivity index (χ1n) is 13.2. The zero-order valence-corrected chi connectivity index (χ0v) is 24.4. The number of unbranched alkanes of at least 4 members (excludes halogenated alkanes) is 1. The number of primary amides is 1. The maximum Gasteiger partial charge on any atom is 0.404 e. The molecule has 0 aliphatic carbocycles. The van der Waals surface area contributed by atoms with Gasteiger partial charge >= 0.3 is 6.09 Å². The largest absolute Gasteiger partial charge is 0.453 e. The van der Waals surface area contributed by atoms with Crippen LogP contribution in [0.5, 0.6) is 0 Å². The van der Waals surface area contributed by atoms with Crippen molar-refractivity contribution in [2.45, 2.75) is 53.0 Å². The number of allylic oxidation sites excluding steroid dienone is 1. The fraction of sp³-hybridized carbons (Fsp3) is 0.414. The Hall–Kier alpha value is -4.48. The van der Waals surface area contributed by atoms with E-state index >= 15 is 0 Å². The number of aromatic nitrogens is 3. The van der Waals surface area contributed by atoms with Crippen LogP contribution >= 0.6 is 0 Å². The number of pyridine rings is 2. The molecule has 41 heavy (non-hydrogen) atoms. The van der Waals surface area contributed by atoms with Crippen LogP contribution in [0.25, 0.3) is 11.0 Å². The number of amides is 3. The number of aryl methyl sites for hydroxylation is 1. The number of nitrogens with zero attached hydrogens (tertiary/aromatic N) is 3. The van der Waals surface area contributed by atoms with Crippen molar-refractivity contribution in [1.82, 2.24) is 19.4 Å². The molecule has 0 saturated heterocycles. The third-order valence-electron chi connectivity index (χ3n) is 6.13. The second-order valence-electron chi connectivity index (χ2n) is 10.1. The fourth-order valence-corrected chi connectivity index (χ4v) is 3.95. The molecule has 0 spiro atoms. The molecule has 3 aromatic heterocycles. The van der Waals surface area contributed by atoms with Crippen molar-refractivity contribution in [2.75, 3.05) is 26.5 Å². The molecule has 0 radical (unpaired) electrons. The number of ether oxygens (including phenoxy) is 1. The molecule has 0 unspecified atom stereocenters. The minimum atomic E-state index is -0.745. The molecule has 0 fully saturated rings. The summed E-state index contributed by atoms with van der Waals surface area (Å²) in [6.07, 6.45) is 7.32. The molecule has 3 aromatic rings. The summed E-state index contributed by atoms with van der Waals surface area (Å²) in [5.41, 5.74) is 7.87. The second kappa shape index (κ2) is 15.3. The average molecular weight is 571 g/mol. The molecule has 3 amide bonds. The van der Waals surface area contributed by atoms with E-state index in [0.29, 0.717) is 35.9 Å². The average Bonchev–Trinajstić information content (AvgIpc) is 3.22. The van der Waals surface area contributed by atoms with Gasteiger partial charge in [-0.2, -0.15) is 0 Å². The number of H-pyrrole nitrogens is 1. The molecule has 222 valence electrons. The van der Waals surface area contributed by atoms with Crippen molar-refractivity contribution in [3.05, 3.63) is 69.7 Å². The molecule has 3 rings (SSSR count). The molecule has 3 heterocycles. The lowest BCUT2D eigenvalue weighted by Crippen LogP contribution is -2.26. The number of fused-ring (bicyclic) bond motifs is 1. The smallest absolute Gasteiger partial charge is 0.404 e. The number of likely N-dealkylation sites (N-methyl/N-ethyl adjacent to an activating group) is 1. The van der Waals surface area contributed by atoms with E-state index < -0.39 is 6.09 Å². The van der Waals surface area contributed by atoms with Crippen LogP contribution in [0.2, 0.25) is 0 Å². The molecule has 0 aromatic carbocycles. The molecular formula is C29H39FN6O5. The maximum atomic E-state index is 14.5. The maximum absolute atomic E-state index is 14.5. The molecular weight excluding hydrogens is 531 g/mol. The predicted octanol–water partition coefficient (Wildman–Crippen LogP) is 3.88. The number of nitrogens with two attached hydrogens (primary N) is 1. The van der Waals surface area contributed by atoms with Gasteiger partial charge < -0.3 is 30.2 Å². The number of hydrogen-bond donors (Lipinski definition) is 3. The van der Waals surface area contributed by atoms with Crippen LogP contribution in [0, 0.1) is 18.7 Å². The monoisotopic (exact) mass is 570 g/mol. The zero-order valence-electron chi connectivity index (χ0n) is 24.4. The first-order chi connectivity index (χ1) is 19.3. The van der Waals surface area contributed by atoms with Crippen LogP contribution in [0.4, 0.5) is 14.9 Å². The van der Waals surface area contributed by atoms with Gasteiger partial charge in [0.2, 0.25) is 11.8 Å². The van der Waals surface area contributed by atoms with Crippen molar-refractivity contribution in [3.63, 3.8) is 0 Å². The van der Waals surface area contributed by atoms with Gasteiger partial charge in [-0.15, -0.1) is 0 Å². The Kier molecular flexibility index (Phi) is 12.2. The van der Waals surface area contributed by atoms with E-state index in [2.05, 4.69) is 25.8 Å². The first kappa shape index (κ1) is 32.7. The third-order valence-corrected chi connectivity index (χ3v) is 6.13. The number of methoxy groups -OCH3 is 1. The van der Waals surface area contributed by atoms with E-state index in [4.69, 9.17) is 0 Å². The molecule has 0 atom stereocenters. The Bertz CT molecular complexity index is 1460. The van der Waals surface area contributed by atoms with Gasteiger partial charge in [0.1, 0.15) is 11.5 Å². The lowest BCUT2D eigenvalue weighted by molar-refractivity contribution is -0.123. The number of hydrogen-bond acceptors (Lipinski definition) is 6. The number of nitrogens with one attached hydrogen (secondary N) is 2. The van der Waals surface area contributed by atoms with Gasteiger partial charge in [-0.05, 0) is 55.9 Å². The second-order valence-corrected chi connectivity index (χ2v) is 10.1. The molecule has 0 bridgehead atoms. The zero-order chi connectivity index (χ0) is 30.7. The topological polar surface area (TPSA) is 152 Å². The van der Waals surface area contributed by atoms with Crippen LogP contribution < -0.4 is 16.6 Å². The Balaban J connectivity index is 0.00000108. The Morgan fingerprint density at radius 1 is 1.29 bits per heavy atom. The van der Waals surface area contributed by atoms with Crippen molar-refractivity contribution in [3.8, 4) is 0 Å². The van der Waals surface area contributed by atoms with Gasteiger partial charge in [-0.1, -0.05) is 19.9 Å². The molecule has 0 saturated carbocycles.